The molecule has 20 heavy (non-hydrogen) atoms. The number of anilines is 2. The zero-order valence-corrected chi connectivity index (χ0v) is 11.9. The third kappa shape index (κ3) is 2.91. The number of carbonyl (C=O) groups is 1. The highest BCUT2D eigenvalue weighted by atomic mass is 16.5. The number of amides is 1. The number of rotatable bonds is 3. The molecule has 0 aromatic heterocycles. The summed E-state index contributed by atoms with van der Waals surface area (Å²) in [6.45, 7) is 3.97. The van der Waals surface area contributed by atoms with Crippen molar-refractivity contribution < 1.29 is 9.53 Å². The predicted octanol–water partition coefficient (Wildman–Crippen LogP) is 3.15. The third-order valence-electron chi connectivity index (χ3n) is 3.25. The van der Waals surface area contributed by atoms with Gasteiger partial charge in [-0.3, -0.25) is 4.79 Å². The molecule has 0 fully saturated rings. The molecule has 0 heterocycles. The zero-order valence-electron chi connectivity index (χ0n) is 11.9. The summed E-state index contributed by atoms with van der Waals surface area (Å²) in [5, 5.41) is 2.83. The Kier molecular flexibility index (Phi) is 3.94. The molecule has 0 aliphatic carbocycles. The van der Waals surface area contributed by atoms with Crippen LogP contribution < -0.4 is 15.8 Å². The lowest BCUT2D eigenvalue weighted by Crippen LogP contribution is -2.13. The van der Waals surface area contributed by atoms with Crippen LogP contribution in [0.1, 0.15) is 21.5 Å². The molecule has 104 valence electrons. The Labute approximate surface area is 118 Å². The molecule has 0 saturated heterocycles. The van der Waals surface area contributed by atoms with Gasteiger partial charge in [0.2, 0.25) is 0 Å². The van der Waals surface area contributed by atoms with Gasteiger partial charge in [0.15, 0.2) is 0 Å². The number of aryl methyl sites for hydroxylation is 2. The summed E-state index contributed by atoms with van der Waals surface area (Å²) >= 11 is 0. The molecule has 2 aromatic carbocycles. The molecule has 0 radical (unpaired) electrons. The van der Waals surface area contributed by atoms with Crippen LogP contribution in [0.3, 0.4) is 0 Å². The molecule has 0 aliphatic rings. The lowest BCUT2D eigenvalue weighted by Gasteiger charge is -2.11. The fourth-order valence-corrected chi connectivity index (χ4v) is 1.91. The molecule has 0 aliphatic heterocycles. The van der Waals surface area contributed by atoms with E-state index in [1.807, 2.05) is 26.0 Å². The number of methoxy groups -OCH3 is 1. The van der Waals surface area contributed by atoms with Gasteiger partial charge in [0.25, 0.3) is 5.91 Å². The largest absolute Gasteiger partial charge is 0.497 e. The van der Waals surface area contributed by atoms with Crippen LogP contribution in [0.2, 0.25) is 0 Å². The van der Waals surface area contributed by atoms with Gasteiger partial charge in [0.1, 0.15) is 5.75 Å². The smallest absolute Gasteiger partial charge is 0.255 e. The topological polar surface area (TPSA) is 64.3 Å². The monoisotopic (exact) mass is 270 g/mol. The first kappa shape index (κ1) is 13.9. The molecular formula is C16H18N2O2. The minimum atomic E-state index is -0.209. The van der Waals surface area contributed by atoms with Crippen molar-refractivity contribution in [2.45, 2.75) is 13.8 Å². The lowest BCUT2D eigenvalue weighted by molar-refractivity contribution is 0.102. The summed E-state index contributed by atoms with van der Waals surface area (Å²) in [7, 11) is 1.57. The Balaban J connectivity index is 2.25. The summed E-state index contributed by atoms with van der Waals surface area (Å²) in [6, 6.07) is 10.7. The van der Waals surface area contributed by atoms with Crippen molar-refractivity contribution in [3.8, 4) is 5.75 Å². The summed E-state index contributed by atoms with van der Waals surface area (Å²) < 4.78 is 5.11. The molecule has 0 saturated carbocycles. The summed E-state index contributed by atoms with van der Waals surface area (Å²) in [6.07, 6.45) is 0. The summed E-state index contributed by atoms with van der Waals surface area (Å²) in [4.78, 5) is 12.2. The van der Waals surface area contributed by atoms with E-state index in [-0.39, 0.29) is 5.91 Å². The number of nitrogens with two attached hydrogens (primary N) is 1. The molecule has 4 nitrogen and oxygen atoms in total. The van der Waals surface area contributed by atoms with Gasteiger partial charge in [-0.15, -0.1) is 0 Å². The maximum Gasteiger partial charge on any atom is 0.255 e. The van der Waals surface area contributed by atoms with Crippen LogP contribution in [0.25, 0.3) is 0 Å². The second-order valence-electron chi connectivity index (χ2n) is 4.71. The predicted molar refractivity (Wildman–Crippen MR) is 81.3 cm³/mol. The first-order chi connectivity index (χ1) is 9.51. The van der Waals surface area contributed by atoms with E-state index in [0.29, 0.717) is 22.7 Å². The normalized spacial score (nSPS) is 10.2. The zero-order chi connectivity index (χ0) is 14.7. The van der Waals surface area contributed by atoms with Crippen LogP contribution in [-0.2, 0) is 0 Å². The fourth-order valence-electron chi connectivity index (χ4n) is 1.91. The van der Waals surface area contributed by atoms with E-state index in [1.54, 1.807) is 31.4 Å². The van der Waals surface area contributed by atoms with E-state index in [1.165, 1.54) is 0 Å². The Hall–Kier alpha value is -2.49. The molecule has 0 spiro atoms. The minimum Gasteiger partial charge on any atom is -0.497 e. The molecule has 3 N–H and O–H groups in total. The van der Waals surface area contributed by atoms with E-state index < -0.39 is 0 Å². The van der Waals surface area contributed by atoms with Crippen molar-refractivity contribution in [3.05, 3.63) is 53.1 Å². The van der Waals surface area contributed by atoms with Gasteiger partial charge in [-0.05, 0) is 55.3 Å². The van der Waals surface area contributed by atoms with Crippen LogP contribution in [0.15, 0.2) is 36.4 Å². The Bertz CT molecular complexity index is 651. The van der Waals surface area contributed by atoms with Gasteiger partial charge in [-0.25, -0.2) is 0 Å². The second kappa shape index (κ2) is 5.65. The standard InChI is InChI=1S/C16H18N2O2/c1-10-7-14(17)15(8-11(10)2)18-16(19)12-5-4-6-13(9-12)20-3/h4-9H,17H2,1-3H3,(H,18,19). The van der Waals surface area contributed by atoms with E-state index in [9.17, 15) is 4.79 Å². The van der Waals surface area contributed by atoms with Crippen molar-refractivity contribution in [1.82, 2.24) is 0 Å². The molecule has 0 atom stereocenters. The van der Waals surface area contributed by atoms with Gasteiger partial charge >= 0.3 is 0 Å². The number of nitrogens with one attached hydrogen (secondary N) is 1. The first-order valence-corrected chi connectivity index (χ1v) is 6.33. The third-order valence-corrected chi connectivity index (χ3v) is 3.25. The highest BCUT2D eigenvalue weighted by Gasteiger charge is 2.10. The number of carbonyl (C=O) groups excluding carboxylic acids is 1. The maximum atomic E-state index is 12.2. The molecule has 4 heteroatoms. The average Bonchev–Trinajstić information content (AvgIpc) is 2.44. The molecule has 2 rings (SSSR count). The van der Waals surface area contributed by atoms with Gasteiger partial charge in [0, 0.05) is 5.56 Å². The van der Waals surface area contributed by atoms with Crippen molar-refractivity contribution in [2.24, 2.45) is 0 Å². The van der Waals surface area contributed by atoms with Crippen molar-refractivity contribution in [2.75, 3.05) is 18.2 Å². The first-order valence-electron chi connectivity index (χ1n) is 6.33. The van der Waals surface area contributed by atoms with E-state index in [0.717, 1.165) is 11.1 Å². The molecule has 1 amide bonds. The van der Waals surface area contributed by atoms with Crippen LogP contribution in [0, 0.1) is 13.8 Å². The number of nitrogen functional groups attached to an aromatic ring is 1. The van der Waals surface area contributed by atoms with Crippen LogP contribution in [0.4, 0.5) is 11.4 Å². The quantitative estimate of drug-likeness (QED) is 0.842. The SMILES string of the molecule is COc1cccc(C(=O)Nc2cc(C)c(C)cc2N)c1. The van der Waals surface area contributed by atoms with Crippen LogP contribution >= 0.6 is 0 Å². The highest BCUT2D eigenvalue weighted by Crippen LogP contribution is 2.24. The number of ether oxygens (including phenoxy) is 1. The summed E-state index contributed by atoms with van der Waals surface area (Å²) in [5.74, 6) is 0.435. The lowest BCUT2D eigenvalue weighted by atomic mass is 10.1. The Morgan fingerprint density at radius 1 is 1.15 bits per heavy atom. The van der Waals surface area contributed by atoms with Crippen molar-refractivity contribution in [1.29, 1.82) is 0 Å². The minimum absolute atomic E-state index is 0.209. The summed E-state index contributed by atoms with van der Waals surface area (Å²) in [5.41, 5.74) is 9.83. The second-order valence-corrected chi connectivity index (χ2v) is 4.71. The van der Waals surface area contributed by atoms with Gasteiger partial charge in [-0.2, -0.15) is 0 Å². The van der Waals surface area contributed by atoms with Crippen LogP contribution in [0.5, 0.6) is 5.75 Å². The fraction of sp³-hybridized carbons (Fsp3) is 0.188. The Morgan fingerprint density at radius 2 is 1.85 bits per heavy atom. The van der Waals surface area contributed by atoms with E-state index in [2.05, 4.69) is 5.32 Å². The van der Waals surface area contributed by atoms with Crippen molar-refractivity contribution in [3.63, 3.8) is 0 Å². The number of benzene rings is 2. The van der Waals surface area contributed by atoms with E-state index >= 15 is 0 Å². The Morgan fingerprint density at radius 3 is 2.55 bits per heavy atom. The molecular weight excluding hydrogens is 252 g/mol. The average molecular weight is 270 g/mol. The van der Waals surface area contributed by atoms with Gasteiger partial charge in [-0.1, -0.05) is 6.07 Å². The molecule has 0 unspecified atom stereocenters. The van der Waals surface area contributed by atoms with Crippen molar-refractivity contribution >= 4 is 17.3 Å². The highest BCUT2D eigenvalue weighted by molar-refractivity contribution is 6.06. The van der Waals surface area contributed by atoms with Gasteiger partial charge < -0.3 is 15.8 Å². The van der Waals surface area contributed by atoms with Gasteiger partial charge in [0.05, 0.1) is 18.5 Å². The number of hydrogen-bond acceptors (Lipinski definition) is 3. The van der Waals surface area contributed by atoms with Crippen LogP contribution in [-0.4, -0.2) is 13.0 Å². The number of hydrogen-bond donors (Lipinski definition) is 2. The molecule has 0 bridgehead atoms. The maximum absolute atomic E-state index is 12.2. The molecule has 2 aromatic rings. The van der Waals surface area contributed by atoms with E-state index in [4.69, 9.17) is 10.5 Å².